The maximum Gasteiger partial charge on any atom is 0.243 e. The van der Waals surface area contributed by atoms with E-state index < -0.39 is 10.0 Å². The molecule has 2 heterocycles. The molecule has 26 heavy (non-hydrogen) atoms. The van der Waals surface area contributed by atoms with E-state index in [0.29, 0.717) is 44.2 Å². The van der Waals surface area contributed by atoms with E-state index in [0.717, 1.165) is 5.56 Å². The molecule has 0 N–H and O–H groups in total. The Hall–Kier alpha value is -1.74. The van der Waals surface area contributed by atoms with Gasteiger partial charge in [-0.05, 0) is 34.5 Å². The minimum Gasteiger partial charge on any atom is -0.340 e. The Morgan fingerprint density at radius 3 is 2.42 bits per heavy atom. The van der Waals surface area contributed by atoms with Gasteiger partial charge in [-0.25, -0.2) is 8.42 Å². The van der Waals surface area contributed by atoms with Crippen LogP contribution in [0, 0.1) is 0 Å². The first-order valence-corrected chi connectivity index (χ1v) is 10.9. The minimum absolute atomic E-state index is 0.0515. The van der Waals surface area contributed by atoms with Crippen molar-refractivity contribution >= 4 is 27.3 Å². The van der Waals surface area contributed by atoms with E-state index in [4.69, 9.17) is 0 Å². The number of sulfonamides is 1. The largest absolute Gasteiger partial charge is 0.340 e. The molecule has 1 amide bonds. The lowest BCUT2D eigenvalue weighted by molar-refractivity contribution is -0.131. The van der Waals surface area contributed by atoms with Gasteiger partial charge in [-0.2, -0.15) is 15.6 Å². The van der Waals surface area contributed by atoms with Crippen LogP contribution in [0.3, 0.4) is 0 Å². The Morgan fingerprint density at radius 2 is 1.81 bits per heavy atom. The number of hydrogen-bond donors (Lipinski definition) is 0. The van der Waals surface area contributed by atoms with Crippen LogP contribution in [0.15, 0.2) is 52.1 Å². The fraction of sp³-hybridized carbons (Fsp3) is 0.389. The zero-order valence-corrected chi connectivity index (χ0v) is 16.4. The second-order valence-corrected chi connectivity index (χ2v) is 9.09. The highest BCUT2D eigenvalue weighted by Gasteiger charge is 2.29. The summed E-state index contributed by atoms with van der Waals surface area (Å²) in [6.07, 6.45) is 0. The second-order valence-electron chi connectivity index (χ2n) is 6.37. The van der Waals surface area contributed by atoms with Crippen molar-refractivity contribution in [2.75, 3.05) is 39.8 Å². The normalized spacial score (nSPS) is 16.5. The zero-order chi connectivity index (χ0) is 18.6. The molecule has 6 nitrogen and oxygen atoms in total. The van der Waals surface area contributed by atoms with E-state index >= 15 is 0 Å². The van der Waals surface area contributed by atoms with Crippen LogP contribution in [0.25, 0.3) is 0 Å². The monoisotopic (exact) mass is 393 g/mol. The van der Waals surface area contributed by atoms with Gasteiger partial charge in [0.1, 0.15) is 0 Å². The van der Waals surface area contributed by atoms with Crippen molar-refractivity contribution in [3.05, 3.63) is 52.7 Å². The number of benzene rings is 1. The van der Waals surface area contributed by atoms with Crippen molar-refractivity contribution in [1.82, 2.24) is 14.1 Å². The molecule has 0 saturated carbocycles. The summed E-state index contributed by atoms with van der Waals surface area (Å²) in [4.78, 5) is 16.4. The third-order valence-electron chi connectivity index (χ3n) is 4.50. The molecule has 0 radical (unpaired) electrons. The predicted molar refractivity (Wildman–Crippen MR) is 102 cm³/mol. The van der Waals surface area contributed by atoms with Crippen LogP contribution in [0.1, 0.15) is 5.56 Å². The van der Waals surface area contributed by atoms with Crippen molar-refractivity contribution in [3.8, 4) is 0 Å². The average molecular weight is 394 g/mol. The number of nitrogens with zero attached hydrogens (tertiary/aromatic N) is 3. The maximum absolute atomic E-state index is 12.6. The summed E-state index contributed by atoms with van der Waals surface area (Å²) < 4.78 is 26.8. The smallest absolute Gasteiger partial charge is 0.243 e. The molecule has 0 unspecified atom stereocenters. The zero-order valence-electron chi connectivity index (χ0n) is 14.7. The molecule has 0 spiro atoms. The fourth-order valence-corrected chi connectivity index (χ4v) is 5.03. The number of piperazine rings is 1. The summed E-state index contributed by atoms with van der Waals surface area (Å²) >= 11 is 1.62. The second kappa shape index (κ2) is 8.30. The molecule has 0 aliphatic carbocycles. The molecule has 1 aliphatic heterocycles. The maximum atomic E-state index is 12.6. The third-order valence-corrected chi connectivity index (χ3v) is 7.14. The number of hydrogen-bond acceptors (Lipinski definition) is 5. The standard InChI is InChI=1S/C18H23N3O3S2/c1-19(13-16-7-12-25-15-16)18(22)14-20-8-10-21(11-9-20)26(23,24)17-5-3-2-4-6-17/h2-7,12,15H,8-11,13-14H2,1H3. The van der Waals surface area contributed by atoms with Crippen molar-refractivity contribution in [2.24, 2.45) is 0 Å². The van der Waals surface area contributed by atoms with E-state index in [-0.39, 0.29) is 5.91 Å². The Bertz CT molecular complexity index is 815. The van der Waals surface area contributed by atoms with Gasteiger partial charge in [-0.15, -0.1) is 0 Å². The van der Waals surface area contributed by atoms with Crippen LogP contribution in [0.4, 0.5) is 0 Å². The van der Waals surface area contributed by atoms with E-state index in [9.17, 15) is 13.2 Å². The number of thiophene rings is 1. The van der Waals surface area contributed by atoms with Crippen LogP contribution < -0.4 is 0 Å². The number of amides is 1. The highest BCUT2D eigenvalue weighted by molar-refractivity contribution is 7.89. The van der Waals surface area contributed by atoms with Gasteiger partial charge in [0, 0.05) is 39.8 Å². The van der Waals surface area contributed by atoms with E-state index in [1.54, 1.807) is 53.6 Å². The fourth-order valence-electron chi connectivity index (χ4n) is 2.93. The molecule has 2 aromatic rings. The molecule has 1 aliphatic rings. The van der Waals surface area contributed by atoms with E-state index in [1.165, 1.54) is 4.31 Å². The molecule has 1 aromatic carbocycles. The van der Waals surface area contributed by atoms with Crippen LogP contribution in [0.5, 0.6) is 0 Å². The lowest BCUT2D eigenvalue weighted by Gasteiger charge is -2.34. The van der Waals surface area contributed by atoms with Crippen LogP contribution in [-0.2, 0) is 21.4 Å². The SMILES string of the molecule is CN(Cc1ccsc1)C(=O)CN1CCN(S(=O)(=O)c2ccccc2)CC1. The molecule has 3 rings (SSSR count). The lowest BCUT2D eigenvalue weighted by Crippen LogP contribution is -2.51. The summed E-state index contributed by atoms with van der Waals surface area (Å²) in [5, 5.41) is 4.04. The van der Waals surface area contributed by atoms with Crippen LogP contribution in [0.2, 0.25) is 0 Å². The summed E-state index contributed by atoms with van der Waals surface area (Å²) in [5.41, 5.74) is 1.13. The number of likely N-dealkylation sites (N-methyl/N-ethyl adjacent to an activating group) is 1. The minimum atomic E-state index is -3.45. The topological polar surface area (TPSA) is 60.9 Å². The number of rotatable bonds is 6. The Morgan fingerprint density at radius 1 is 1.12 bits per heavy atom. The number of carbonyl (C=O) groups is 1. The van der Waals surface area contributed by atoms with Crippen LogP contribution >= 0.6 is 11.3 Å². The van der Waals surface area contributed by atoms with Gasteiger partial charge < -0.3 is 4.90 Å². The van der Waals surface area contributed by atoms with E-state index in [1.807, 2.05) is 21.7 Å². The summed E-state index contributed by atoms with van der Waals surface area (Å²) in [6, 6.07) is 10.5. The van der Waals surface area contributed by atoms with Gasteiger partial charge in [0.25, 0.3) is 0 Å². The Balaban J connectivity index is 1.51. The van der Waals surface area contributed by atoms with Crippen molar-refractivity contribution < 1.29 is 13.2 Å². The highest BCUT2D eigenvalue weighted by atomic mass is 32.2. The molecule has 0 atom stereocenters. The summed E-state index contributed by atoms with van der Waals surface area (Å²) in [7, 11) is -1.65. The van der Waals surface area contributed by atoms with Gasteiger partial charge in [-0.1, -0.05) is 18.2 Å². The third kappa shape index (κ3) is 4.50. The molecular formula is C18H23N3O3S2. The quantitative estimate of drug-likeness (QED) is 0.750. The summed E-state index contributed by atoms with van der Waals surface area (Å²) in [5.74, 6) is 0.0515. The van der Waals surface area contributed by atoms with Gasteiger partial charge >= 0.3 is 0 Å². The summed E-state index contributed by atoms with van der Waals surface area (Å²) in [6.45, 7) is 2.84. The number of carbonyl (C=O) groups excluding carboxylic acids is 1. The lowest BCUT2D eigenvalue weighted by atomic mass is 10.3. The predicted octanol–water partition coefficient (Wildman–Crippen LogP) is 1.71. The Labute approximate surface area is 158 Å². The molecule has 140 valence electrons. The van der Waals surface area contributed by atoms with Gasteiger partial charge in [0.15, 0.2) is 0 Å². The Kier molecular flexibility index (Phi) is 6.08. The first-order valence-electron chi connectivity index (χ1n) is 8.49. The molecule has 1 saturated heterocycles. The molecule has 8 heteroatoms. The van der Waals surface area contributed by atoms with Crippen molar-refractivity contribution in [3.63, 3.8) is 0 Å². The van der Waals surface area contributed by atoms with Gasteiger partial charge in [0.2, 0.25) is 15.9 Å². The highest BCUT2D eigenvalue weighted by Crippen LogP contribution is 2.17. The first-order chi connectivity index (χ1) is 12.5. The van der Waals surface area contributed by atoms with Crippen LogP contribution in [-0.4, -0.2) is 68.2 Å². The average Bonchev–Trinajstić information content (AvgIpc) is 3.16. The molecule has 1 fully saturated rings. The van der Waals surface area contributed by atoms with Crippen molar-refractivity contribution in [2.45, 2.75) is 11.4 Å². The molecular weight excluding hydrogens is 370 g/mol. The van der Waals surface area contributed by atoms with Gasteiger partial charge in [0.05, 0.1) is 11.4 Å². The van der Waals surface area contributed by atoms with E-state index in [2.05, 4.69) is 0 Å². The van der Waals surface area contributed by atoms with Crippen molar-refractivity contribution in [1.29, 1.82) is 0 Å². The molecule has 0 bridgehead atoms. The first kappa shape index (κ1) is 19.0. The van der Waals surface area contributed by atoms with Gasteiger partial charge in [-0.3, -0.25) is 9.69 Å². The molecule has 1 aromatic heterocycles.